The summed E-state index contributed by atoms with van der Waals surface area (Å²) in [6.45, 7) is 1.43. The van der Waals surface area contributed by atoms with Gasteiger partial charge in [0.05, 0.1) is 5.56 Å². The van der Waals surface area contributed by atoms with Crippen molar-refractivity contribution in [3.63, 3.8) is 0 Å². The smallest absolute Gasteiger partial charge is 0.339 e. The van der Waals surface area contributed by atoms with E-state index >= 15 is 0 Å². The van der Waals surface area contributed by atoms with Gasteiger partial charge in [0, 0.05) is 21.3 Å². The number of nitrogens with one attached hydrogen (secondary N) is 1. The van der Waals surface area contributed by atoms with Gasteiger partial charge in [-0.25, -0.2) is 4.79 Å². The first kappa shape index (κ1) is 18.8. The molecule has 3 N–H and O–H groups in total. The second-order valence-electron chi connectivity index (χ2n) is 5.14. The van der Waals surface area contributed by atoms with Crippen LogP contribution in [-0.2, 0) is 9.53 Å². The average molecular weight is 381 g/mol. The van der Waals surface area contributed by atoms with E-state index in [4.69, 9.17) is 33.7 Å². The standard InChI is InChI=1S/C17H14Cl2N2O4/c1-9(25-17(24)11-6-12(18)8-13(19)7-11)16(23)21-14-4-2-10(3-5-14)15(20)22/h2-9H,1H3,(H2,20,22)(H,21,23)/t9-/m0/s1. The van der Waals surface area contributed by atoms with Crippen LogP contribution in [0.2, 0.25) is 10.0 Å². The average Bonchev–Trinajstić information content (AvgIpc) is 2.54. The predicted molar refractivity (Wildman–Crippen MR) is 94.9 cm³/mol. The number of anilines is 1. The number of esters is 1. The third-order valence-corrected chi connectivity index (χ3v) is 3.62. The highest BCUT2D eigenvalue weighted by Gasteiger charge is 2.19. The molecule has 2 aromatic rings. The Morgan fingerprint density at radius 3 is 2.08 bits per heavy atom. The third-order valence-electron chi connectivity index (χ3n) is 3.19. The van der Waals surface area contributed by atoms with E-state index in [1.165, 1.54) is 49.4 Å². The number of rotatable bonds is 5. The second-order valence-corrected chi connectivity index (χ2v) is 6.01. The highest BCUT2D eigenvalue weighted by Crippen LogP contribution is 2.20. The molecule has 2 amide bonds. The van der Waals surface area contributed by atoms with Crippen molar-refractivity contribution in [1.29, 1.82) is 0 Å². The molecule has 0 heterocycles. The molecule has 0 fully saturated rings. The largest absolute Gasteiger partial charge is 0.449 e. The molecule has 0 bridgehead atoms. The zero-order valence-corrected chi connectivity index (χ0v) is 14.6. The van der Waals surface area contributed by atoms with Gasteiger partial charge < -0.3 is 15.8 Å². The van der Waals surface area contributed by atoms with Crippen LogP contribution >= 0.6 is 23.2 Å². The number of carbonyl (C=O) groups is 3. The number of halogens is 2. The van der Waals surface area contributed by atoms with Crippen LogP contribution in [0.4, 0.5) is 5.69 Å². The number of hydrogen-bond acceptors (Lipinski definition) is 4. The van der Waals surface area contributed by atoms with E-state index in [1.807, 2.05) is 0 Å². The molecular formula is C17H14Cl2N2O4. The maximum atomic E-state index is 12.1. The van der Waals surface area contributed by atoms with Gasteiger partial charge in [0.1, 0.15) is 0 Å². The molecule has 0 aromatic heterocycles. The Kier molecular flexibility index (Phi) is 6.01. The Balaban J connectivity index is 1.99. The van der Waals surface area contributed by atoms with Crippen LogP contribution in [0.3, 0.4) is 0 Å². The minimum Gasteiger partial charge on any atom is -0.449 e. The lowest BCUT2D eigenvalue weighted by Gasteiger charge is -2.14. The van der Waals surface area contributed by atoms with Gasteiger partial charge in [-0.3, -0.25) is 9.59 Å². The summed E-state index contributed by atoms with van der Waals surface area (Å²) in [7, 11) is 0. The molecule has 0 radical (unpaired) electrons. The lowest BCUT2D eigenvalue weighted by Crippen LogP contribution is -2.30. The van der Waals surface area contributed by atoms with Crippen molar-refractivity contribution in [2.24, 2.45) is 5.73 Å². The predicted octanol–water partition coefficient (Wildman–Crippen LogP) is 3.28. The molecule has 0 aliphatic rings. The van der Waals surface area contributed by atoms with Gasteiger partial charge in [0.2, 0.25) is 5.91 Å². The Bertz CT molecular complexity index is 802. The van der Waals surface area contributed by atoms with E-state index in [9.17, 15) is 14.4 Å². The molecule has 0 unspecified atom stereocenters. The van der Waals surface area contributed by atoms with Crippen molar-refractivity contribution in [3.05, 3.63) is 63.6 Å². The van der Waals surface area contributed by atoms with Gasteiger partial charge in [-0.15, -0.1) is 0 Å². The summed E-state index contributed by atoms with van der Waals surface area (Å²) in [6.07, 6.45) is -1.05. The maximum Gasteiger partial charge on any atom is 0.339 e. The number of carbonyl (C=O) groups excluding carboxylic acids is 3. The van der Waals surface area contributed by atoms with Gasteiger partial charge in [-0.2, -0.15) is 0 Å². The first-order valence-electron chi connectivity index (χ1n) is 7.14. The van der Waals surface area contributed by atoms with Crippen molar-refractivity contribution in [2.75, 3.05) is 5.32 Å². The summed E-state index contributed by atoms with van der Waals surface area (Å²) in [5.74, 6) is -1.83. The maximum absolute atomic E-state index is 12.1. The summed E-state index contributed by atoms with van der Waals surface area (Å²) < 4.78 is 5.10. The lowest BCUT2D eigenvalue weighted by molar-refractivity contribution is -0.123. The summed E-state index contributed by atoms with van der Waals surface area (Å²) >= 11 is 11.7. The van der Waals surface area contributed by atoms with E-state index in [0.717, 1.165) is 0 Å². The number of ether oxygens (including phenoxy) is 1. The van der Waals surface area contributed by atoms with Crippen molar-refractivity contribution >= 4 is 46.7 Å². The number of amides is 2. The fraction of sp³-hybridized carbons (Fsp3) is 0.118. The van der Waals surface area contributed by atoms with E-state index in [-0.39, 0.29) is 15.6 Å². The number of primary amides is 1. The molecule has 25 heavy (non-hydrogen) atoms. The Morgan fingerprint density at radius 1 is 1.00 bits per heavy atom. The zero-order chi connectivity index (χ0) is 18.6. The lowest BCUT2D eigenvalue weighted by atomic mass is 10.2. The van der Waals surface area contributed by atoms with Crippen LogP contribution in [0.25, 0.3) is 0 Å². The van der Waals surface area contributed by atoms with E-state index in [1.54, 1.807) is 0 Å². The first-order valence-corrected chi connectivity index (χ1v) is 7.89. The quantitative estimate of drug-likeness (QED) is 0.777. The molecule has 0 aliphatic heterocycles. The van der Waals surface area contributed by atoms with Crippen molar-refractivity contribution in [1.82, 2.24) is 0 Å². The molecule has 0 saturated carbocycles. The Hall–Kier alpha value is -2.57. The van der Waals surface area contributed by atoms with Crippen LogP contribution < -0.4 is 11.1 Å². The normalized spacial score (nSPS) is 11.5. The number of nitrogens with two attached hydrogens (primary N) is 1. The van der Waals surface area contributed by atoms with Crippen LogP contribution in [0, 0.1) is 0 Å². The zero-order valence-electron chi connectivity index (χ0n) is 13.1. The van der Waals surface area contributed by atoms with Gasteiger partial charge >= 0.3 is 5.97 Å². The molecule has 1 atom stereocenters. The molecule has 8 heteroatoms. The van der Waals surface area contributed by atoms with Crippen LogP contribution in [-0.4, -0.2) is 23.9 Å². The minimum atomic E-state index is -1.05. The highest BCUT2D eigenvalue weighted by atomic mass is 35.5. The summed E-state index contributed by atoms with van der Waals surface area (Å²) in [4.78, 5) is 35.2. The van der Waals surface area contributed by atoms with E-state index < -0.39 is 23.9 Å². The van der Waals surface area contributed by atoms with E-state index in [0.29, 0.717) is 11.3 Å². The molecule has 0 saturated heterocycles. The Labute approximate surface area is 153 Å². The molecule has 6 nitrogen and oxygen atoms in total. The summed E-state index contributed by atoms with van der Waals surface area (Å²) in [6, 6.07) is 10.2. The van der Waals surface area contributed by atoms with Gasteiger partial charge in [0.25, 0.3) is 5.91 Å². The van der Waals surface area contributed by atoms with Gasteiger partial charge in [0.15, 0.2) is 6.10 Å². The van der Waals surface area contributed by atoms with Crippen LogP contribution in [0.15, 0.2) is 42.5 Å². The van der Waals surface area contributed by atoms with Gasteiger partial charge in [-0.1, -0.05) is 23.2 Å². The fourth-order valence-electron chi connectivity index (χ4n) is 1.92. The van der Waals surface area contributed by atoms with Gasteiger partial charge in [-0.05, 0) is 49.4 Å². The highest BCUT2D eigenvalue weighted by molar-refractivity contribution is 6.35. The van der Waals surface area contributed by atoms with Crippen LogP contribution in [0.1, 0.15) is 27.6 Å². The molecule has 2 rings (SSSR count). The summed E-state index contributed by atoms with van der Waals surface area (Å²) in [5.41, 5.74) is 6.03. The van der Waals surface area contributed by atoms with Crippen molar-refractivity contribution < 1.29 is 19.1 Å². The van der Waals surface area contributed by atoms with Crippen molar-refractivity contribution in [3.8, 4) is 0 Å². The molecule has 130 valence electrons. The first-order chi connectivity index (χ1) is 11.8. The van der Waals surface area contributed by atoms with E-state index in [2.05, 4.69) is 5.32 Å². The summed E-state index contributed by atoms with van der Waals surface area (Å²) in [5, 5.41) is 3.13. The third kappa shape index (κ3) is 5.20. The number of benzene rings is 2. The number of hydrogen-bond donors (Lipinski definition) is 2. The molecule has 0 spiro atoms. The van der Waals surface area contributed by atoms with Crippen LogP contribution in [0.5, 0.6) is 0 Å². The minimum absolute atomic E-state index is 0.142. The molecular weight excluding hydrogens is 367 g/mol. The monoisotopic (exact) mass is 380 g/mol. The topological polar surface area (TPSA) is 98.5 Å². The fourth-order valence-corrected chi connectivity index (χ4v) is 2.44. The Morgan fingerprint density at radius 2 is 1.56 bits per heavy atom. The molecule has 0 aliphatic carbocycles. The SMILES string of the molecule is C[C@H](OC(=O)c1cc(Cl)cc(Cl)c1)C(=O)Nc1ccc(C(N)=O)cc1. The van der Waals surface area contributed by atoms with Crippen molar-refractivity contribution in [2.45, 2.75) is 13.0 Å². The molecule has 2 aromatic carbocycles. The second kappa shape index (κ2) is 8.00.